The monoisotopic (exact) mass is 226 g/mol. The van der Waals surface area contributed by atoms with E-state index in [0.717, 1.165) is 51.8 Å². The van der Waals surface area contributed by atoms with Crippen molar-refractivity contribution >= 4 is 5.91 Å². The molecule has 0 radical (unpaired) electrons. The first-order valence-electron chi connectivity index (χ1n) is 6.46. The molecule has 0 saturated carbocycles. The van der Waals surface area contributed by atoms with E-state index in [-0.39, 0.29) is 5.91 Å². The van der Waals surface area contributed by atoms with Crippen LogP contribution in [0, 0.1) is 0 Å². The lowest BCUT2D eigenvalue weighted by Gasteiger charge is -2.23. The molecular weight excluding hydrogens is 204 g/mol. The Balaban J connectivity index is 1.59. The minimum absolute atomic E-state index is 0.197. The molecule has 4 heteroatoms. The number of piperidine rings is 1. The van der Waals surface area contributed by atoms with Gasteiger partial charge in [-0.05, 0) is 45.2 Å². The molecule has 0 aromatic carbocycles. The van der Waals surface area contributed by atoms with Crippen LogP contribution in [0.25, 0.3) is 0 Å². The Morgan fingerprint density at radius 3 is 2.81 bits per heavy atom. The fraction of sp³-hybridized carbons (Fsp3) is 0.917. The Morgan fingerprint density at radius 2 is 2.12 bits per heavy atom. The minimum atomic E-state index is 0.197. The Hall–Kier alpha value is -0.610. The molecule has 0 aromatic rings. The average Bonchev–Trinajstić information content (AvgIpc) is 2.81. The lowest BCUT2D eigenvalue weighted by molar-refractivity contribution is -0.122. The van der Waals surface area contributed by atoms with Gasteiger partial charge < -0.3 is 15.4 Å². The number of carbonyl (C=O) groups is 1. The highest BCUT2D eigenvalue weighted by Gasteiger charge is 2.19. The molecule has 2 aliphatic heterocycles. The Labute approximate surface area is 97.1 Å². The summed E-state index contributed by atoms with van der Waals surface area (Å²) in [4.78, 5) is 11.7. The van der Waals surface area contributed by atoms with Gasteiger partial charge in [0.2, 0.25) is 5.91 Å². The van der Waals surface area contributed by atoms with Gasteiger partial charge in [-0.3, -0.25) is 4.79 Å². The van der Waals surface area contributed by atoms with Gasteiger partial charge in [0.25, 0.3) is 0 Å². The SMILES string of the molecule is O=C(CCC1CCCO1)NC1CCNCC1. The molecule has 2 fully saturated rings. The highest BCUT2D eigenvalue weighted by atomic mass is 16.5. The van der Waals surface area contributed by atoms with Crippen molar-refractivity contribution in [2.24, 2.45) is 0 Å². The number of amides is 1. The predicted octanol–water partition coefficient (Wildman–Crippen LogP) is 0.814. The largest absolute Gasteiger partial charge is 0.378 e. The molecule has 0 bridgehead atoms. The van der Waals surface area contributed by atoms with Crippen molar-refractivity contribution < 1.29 is 9.53 Å². The van der Waals surface area contributed by atoms with Crippen molar-refractivity contribution in [2.75, 3.05) is 19.7 Å². The van der Waals surface area contributed by atoms with Gasteiger partial charge in [-0.2, -0.15) is 0 Å². The van der Waals surface area contributed by atoms with Crippen molar-refractivity contribution in [3.05, 3.63) is 0 Å². The molecule has 1 unspecified atom stereocenters. The predicted molar refractivity (Wildman–Crippen MR) is 62.2 cm³/mol. The highest BCUT2D eigenvalue weighted by Crippen LogP contribution is 2.16. The lowest BCUT2D eigenvalue weighted by atomic mass is 10.1. The smallest absolute Gasteiger partial charge is 0.220 e. The maximum Gasteiger partial charge on any atom is 0.220 e. The Bertz CT molecular complexity index is 221. The van der Waals surface area contributed by atoms with Crippen LogP contribution in [0.3, 0.4) is 0 Å². The van der Waals surface area contributed by atoms with Gasteiger partial charge in [-0.15, -0.1) is 0 Å². The first-order chi connectivity index (χ1) is 7.84. The second-order valence-electron chi connectivity index (χ2n) is 4.77. The van der Waals surface area contributed by atoms with Crippen LogP contribution in [0.1, 0.15) is 38.5 Å². The van der Waals surface area contributed by atoms with Crippen molar-refractivity contribution in [1.82, 2.24) is 10.6 Å². The fourth-order valence-electron chi connectivity index (χ4n) is 2.43. The zero-order valence-corrected chi connectivity index (χ0v) is 9.84. The molecule has 1 amide bonds. The van der Waals surface area contributed by atoms with E-state index < -0.39 is 0 Å². The number of hydrogen-bond donors (Lipinski definition) is 2. The first-order valence-corrected chi connectivity index (χ1v) is 6.46. The van der Waals surface area contributed by atoms with Crippen LogP contribution in [0.5, 0.6) is 0 Å². The second-order valence-corrected chi connectivity index (χ2v) is 4.77. The Kier molecular flexibility index (Phi) is 4.60. The summed E-state index contributed by atoms with van der Waals surface area (Å²) in [5.74, 6) is 0.197. The molecule has 0 spiro atoms. The maximum atomic E-state index is 11.7. The average molecular weight is 226 g/mol. The molecule has 0 aromatic heterocycles. The number of ether oxygens (including phenoxy) is 1. The number of rotatable bonds is 4. The third-order valence-electron chi connectivity index (χ3n) is 3.42. The first kappa shape index (κ1) is 11.9. The highest BCUT2D eigenvalue weighted by molar-refractivity contribution is 5.76. The van der Waals surface area contributed by atoms with Gasteiger partial charge in [-0.1, -0.05) is 0 Å². The summed E-state index contributed by atoms with van der Waals surface area (Å²) in [6.07, 6.45) is 6.24. The summed E-state index contributed by atoms with van der Waals surface area (Å²) in [7, 11) is 0. The lowest BCUT2D eigenvalue weighted by Crippen LogP contribution is -2.42. The summed E-state index contributed by atoms with van der Waals surface area (Å²) < 4.78 is 5.50. The normalized spacial score (nSPS) is 26.9. The van der Waals surface area contributed by atoms with Gasteiger partial charge in [0, 0.05) is 19.1 Å². The van der Waals surface area contributed by atoms with E-state index in [0.29, 0.717) is 18.6 Å². The van der Waals surface area contributed by atoms with E-state index >= 15 is 0 Å². The molecule has 2 saturated heterocycles. The van der Waals surface area contributed by atoms with Crippen LogP contribution in [0.2, 0.25) is 0 Å². The number of nitrogens with one attached hydrogen (secondary N) is 2. The van der Waals surface area contributed by atoms with Crippen molar-refractivity contribution in [3.63, 3.8) is 0 Å². The summed E-state index contributed by atoms with van der Waals surface area (Å²) >= 11 is 0. The molecule has 2 rings (SSSR count). The fourth-order valence-corrected chi connectivity index (χ4v) is 2.43. The van der Waals surface area contributed by atoms with Gasteiger partial charge in [0.1, 0.15) is 0 Å². The zero-order chi connectivity index (χ0) is 11.2. The van der Waals surface area contributed by atoms with Gasteiger partial charge in [-0.25, -0.2) is 0 Å². The van der Waals surface area contributed by atoms with E-state index in [1.54, 1.807) is 0 Å². The third-order valence-corrected chi connectivity index (χ3v) is 3.42. The van der Waals surface area contributed by atoms with Crippen LogP contribution in [0.15, 0.2) is 0 Å². The molecule has 16 heavy (non-hydrogen) atoms. The van der Waals surface area contributed by atoms with Gasteiger partial charge in [0.05, 0.1) is 6.10 Å². The van der Waals surface area contributed by atoms with Crippen LogP contribution in [-0.2, 0) is 9.53 Å². The zero-order valence-electron chi connectivity index (χ0n) is 9.84. The van der Waals surface area contributed by atoms with E-state index in [4.69, 9.17) is 4.74 Å². The molecule has 2 heterocycles. The van der Waals surface area contributed by atoms with E-state index in [9.17, 15) is 4.79 Å². The van der Waals surface area contributed by atoms with E-state index in [1.165, 1.54) is 0 Å². The molecule has 92 valence electrons. The number of hydrogen-bond acceptors (Lipinski definition) is 3. The van der Waals surface area contributed by atoms with E-state index in [2.05, 4.69) is 10.6 Å². The third kappa shape index (κ3) is 3.76. The molecule has 2 aliphatic rings. The summed E-state index contributed by atoms with van der Waals surface area (Å²) in [6, 6.07) is 0.387. The summed E-state index contributed by atoms with van der Waals surface area (Å²) in [5.41, 5.74) is 0. The van der Waals surface area contributed by atoms with Gasteiger partial charge >= 0.3 is 0 Å². The van der Waals surface area contributed by atoms with Crippen molar-refractivity contribution in [3.8, 4) is 0 Å². The summed E-state index contributed by atoms with van der Waals surface area (Å²) in [5, 5.41) is 6.40. The van der Waals surface area contributed by atoms with Crippen LogP contribution in [-0.4, -0.2) is 37.7 Å². The quantitative estimate of drug-likeness (QED) is 0.746. The minimum Gasteiger partial charge on any atom is -0.378 e. The van der Waals surface area contributed by atoms with E-state index in [1.807, 2.05) is 0 Å². The molecule has 4 nitrogen and oxygen atoms in total. The van der Waals surface area contributed by atoms with Crippen LogP contribution < -0.4 is 10.6 Å². The molecule has 1 atom stereocenters. The number of carbonyl (C=O) groups excluding carboxylic acids is 1. The molecular formula is C12H22N2O2. The second kappa shape index (κ2) is 6.21. The molecule has 2 N–H and O–H groups in total. The standard InChI is InChI=1S/C12H22N2O2/c15-12(4-3-11-2-1-9-16-11)14-10-5-7-13-8-6-10/h10-11,13H,1-9H2,(H,14,15). The maximum absolute atomic E-state index is 11.7. The van der Waals surface area contributed by atoms with Crippen molar-refractivity contribution in [1.29, 1.82) is 0 Å². The van der Waals surface area contributed by atoms with Crippen LogP contribution >= 0.6 is 0 Å². The van der Waals surface area contributed by atoms with Crippen molar-refractivity contribution in [2.45, 2.75) is 50.7 Å². The van der Waals surface area contributed by atoms with Crippen LogP contribution in [0.4, 0.5) is 0 Å². The van der Waals surface area contributed by atoms with Gasteiger partial charge in [0.15, 0.2) is 0 Å². The molecule has 0 aliphatic carbocycles. The topological polar surface area (TPSA) is 50.4 Å². The Morgan fingerprint density at radius 1 is 1.31 bits per heavy atom. The summed E-state index contributed by atoms with van der Waals surface area (Å²) in [6.45, 7) is 2.92.